The number of imidazole rings is 1. The van der Waals surface area contributed by atoms with Gasteiger partial charge in [0.2, 0.25) is 0 Å². The zero-order valence-corrected chi connectivity index (χ0v) is 22.6. The maximum Gasteiger partial charge on any atom is 0.419 e. The fourth-order valence-corrected chi connectivity index (χ4v) is 4.23. The van der Waals surface area contributed by atoms with E-state index in [1.165, 1.54) is 7.11 Å². The van der Waals surface area contributed by atoms with Crippen molar-refractivity contribution in [1.82, 2.24) is 14.5 Å². The van der Waals surface area contributed by atoms with Crippen molar-refractivity contribution in [1.29, 1.82) is 0 Å². The molecule has 10 heteroatoms. The summed E-state index contributed by atoms with van der Waals surface area (Å²) < 4.78 is 17.7. The lowest BCUT2D eigenvalue weighted by atomic mass is 9.97. The number of hydrogen-bond acceptors (Lipinski definition) is 8. The highest BCUT2D eigenvalue weighted by molar-refractivity contribution is 5.88. The average molecular weight is 516 g/mol. The minimum Gasteiger partial charge on any atom is -0.508 e. The van der Waals surface area contributed by atoms with Crippen LogP contribution < -0.4 is 0 Å². The van der Waals surface area contributed by atoms with E-state index in [9.17, 15) is 19.5 Å². The molecule has 2 amide bonds. The fraction of sp³-hybridized carbons (Fsp3) is 0.556. The summed E-state index contributed by atoms with van der Waals surface area (Å²) in [4.78, 5) is 43.8. The largest absolute Gasteiger partial charge is 0.508 e. The number of phenolic OH excluding ortho intramolecular Hbond substituents is 1. The van der Waals surface area contributed by atoms with Crippen LogP contribution in [0.1, 0.15) is 66.5 Å². The lowest BCUT2D eigenvalue weighted by Crippen LogP contribution is -2.44. The molecule has 2 atom stereocenters. The molecular weight excluding hydrogens is 478 g/mol. The normalized spacial score (nSPS) is 19.2. The summed E-state index contributed by atoms with van der Waals surface area (Å²) in [5.74, 6) is -0.281. The Bertz CT molecular complexity index is 1100. The molecule has 1 aromatic carbocycles. The Morgan fingerprint density at radius 3 is 2.14 bits per heavy atom. The number of phenols is 1. The molecule has 0 saturated heterocycles. The van der Waals surface area contributed by atoms with Crippen LogP contribution in [-0.4, -0.2) is 62.6 Å². The number of carbonyl (C=O) groups is 3. The molecule has 1 fully saturated rings. The van der Waals surface area contributed by atoms with Crippen molar-refractivity contribution in [3.8, 4) is 11.4 Å². The highest BCUT2D eigenvalue weighted by Gasteiger charge is 2.63. The van der Waals surface area contributed by atoms with E-state index in [1.807, 2.05) is 0 Å². The van der Waals surface area contributed by atoms with Gasteiger partial charge in [0.05, 0.1) is 19.1 Å². The monoisotopic (exact) mass is 515 g/mol. The maximum absolute atomic E-state index is 12.9. The molecule has 3 rings (SSSR count). The van der Waals surface area contributed by atoms with Crippen LogP contribution in [0.2, 0.25) is 0 Å². The van der Waals surface area contributed by atoms with Crippen LogP contribution in [-0.2, 0) is 24.4 Å². The lowest BCUT2D eigenvalue weighted by Gasteiger charge is -2.28. The predicted octanol–water partition coefficient (Wildman–Crippen LogP) is 4.96. The molecule has 37 heavy (non-hydrogen) atoms. The summed E-state index contributed by atoms with van der Waals surface area (Å²) in [7, 11) is 1.35. The van der Waals surface area contributed by atoms with E-state index in [2.05, 4.69) is 4.98 Å². The topological polar surface area (TPSA) is 120 Å². The highest BCUT2D eigenvalue weighted by Crippen LogP contribution is 2.57. The van der Waals surface area contributed by atoms with Gasteiger partial charge in [-0.25, -0.2) is 19.5 Å². The number of aromatic hydroxyl groups is 1. The first kappa shape index (κ1) is 28.0. The number of methoxy groups -OCH3 is 1. The van der Waals surface area contributed by atoms with Gasteiger partial charge in [0.25, 0.3) is 0 Å². The van der Waals surface area contributed by atoms with Crippen LogP contribution in [0, 0.1) is 5.92 Å². The van der Waals surface area contributed by atoms with Crippen molar-refractivity contribution in [3.63, 3.8) is 0 Å². The number of imide groups is 1. The molecule has 1 N–H and O–H groups in total. The van der Waals surface area contributed by atoms with Crippen molar-refractivity contribution in [3.05, 3.63) is 42.5 Å². The van der Waals surface area contributed by atoms with E-state index in [0.29, 0.717) is 25.0 Å². The third-order valence-corrected chi connectivity index (χ3v) is 6.00. The third-order valence-electron chi connectivity index (χ3n) is 6.00. The molecular formula is C27H37N3O7. The first-order chi connectivity index (χ1) is 17.2. The average Bonchev–Trinajstić information content (AvgIpc) is 3.29. The number of aromatic nitrogens is 2. The van der Waals surface area contributed by atoms with Gasteiger partial charge in [-0.2, -0.15) is 0 Å². The summed E-state index contributed by atoms with van der Waals surface area (Å²) >= 11 is 0. The van der Waals surface area contributed by atoms with E-state index >= 15 is 0 Å². The number of nitrogens with zero attached hydrogens (tertiary/aromatic N) is 3. The minimum absolute atomic E-state index is 0.0674. The number of carbonyl (C=O) groups excluding carboxylic acids is 3. The summed E-state index contributed by atoms with van der Waals surface area (Å²) in [5, 5.41) is 9.54. The standard InChI is InChI=1S/C27H37N3O7/c1-25(2,3)36-23(33)30(24(34)37-26(4,5)6)14-8-9-18-15-27(18,22(32)35-7)21-16-29(17-28-21)19-10-12-20(31)13-11-19/h10-13,16-18,31H,8-9,14-15H2,1-7H3. The van der Waals surface area contributed by atoms with Crippen molar-refractivity contribution in [2.45, 2.75) is 77.4 Å². The number of amides is 2. The van der Waals surface area contributed by atoms with E-state index < -0.39 is 28.8 Å². The third kappa shape index (κ3) is 6.81. The summed E-state index contributed by atoms with van der Waals surface area (Å²) in [5.41, 5.74) is -1.05. The maximum atomic E-state index is 12.9. The summed E-state index contributed by atoms with van der Waals surface area (Å²) in [6.07, 6.45) is 3.41. The molecule has 2 aromatic rings. The highest BCUT2D eigenvalue weighted by atomic mass is 16.6. The van der Waals surface area contributed by atoms with Gasteiger partial charge in [0, 0.05) is 18.4 Å². The molecule has 202 valence electrons. The van der Waals surface area contributed by atoms with Gasteiger partial charge < -0.3 is 23.9 Å². The van der Waals surface area contributed by atoms with Gasteiger partial charge in [-0.15, -0.1) is 0 Å². The van der Waals surface area contributed by atoms with Gasteiger partial charge >= 0.3 is 18.2 Å². The second kappa shape index (κ2) is 10.4. The Labute approximate surface area is 217 Å². The number of esters is 1. The predicted molar refractivity (Wildman–Crippen MR) is 135 cm³/mol. The van der Waals surface area contributed by atoms with Crippen molar-refractivity contribution < 1.29 is 33.7 Å². The van der Waals surface area contributed by atoms with Crippen LogP contribution in [0.3, 0.4) is 0 Å². The zero-order chi connectivity index (χ0) is 27.6. The van der Waals surface area contributed by atoms with Crippen LogP contribution in [0.5, 0.6) is 5.75 Å². The van der Waals surface area contributed by atoms with Crippen LogP contribution in [0.4, 0.5) is 9.59 Å². The van der Waals surface area contributed by atoms with E-state index in [1.54, 1.807) is 82.9 Å². The Morgan fingerprint density at radius 2 is 1.62 bits per heavy atom. The van der Waals surface area contributed by atoms with Crippen molar-refractivity contribution in [2.75, 3.05) is 13.7 Å². The lowest BCUT2D eigenvalue weighted by molar-refractivity contribution is -0.144. The van der Waals surface area contributed by atoms with Crippen molar-refractivity contribution in [2.24, 2.45) is 5.92 Å². The Kier molecular flexibility index (Phi) is 7.90. The summed E-state index contributed by atoms with van der Waals surface area (Å²) in [6.45, 7) is 10.4. The van der Waals surface area contributed by atoms with E-state index in [-0.39, 0.29) is 24.2 Å². The first-order valence-electron chi connectivity index (χ1n) is 12.3. The van der Waals surface area contributed by atoms with Gasteiger partial charge in [-0.3, -0.25) is 4.79 Å². The van der Waals surface area contributed by atoms with Gasteiger partial charge in [-0.1, -0.05) is 0 Å². The molecule has 10 nitrogen and oxygen atoms in total. The quantitative estimate of drug-likeness (QED) is 0.406. The zero-order valence-electron chi connectivity index (χ0n) is 22.6. The number of rotatable bonds is 7. The smallest absolute Gasteiger partial charge is 0.419 e. The molecule has 1 aromatic heterocycles. The number of ether oxygens (including phenoxy) is 3. The first-order valence-corrected chi connectivity index (χ1v) is 12.3. The van der Waals surface area contributed by atoms with Gasteiger partial charge in [0.15, 0.2) is 0 Å². The molecule has 1 heterocycles. The molecule has 1 aliphatic rings. The van der Waals surface area contributed by atoms with Crippen molar-refractivity contribution >= 4 is 18.2 Å². The van der Waals surface area contributed by atoms with Gasteiger partial charge in [-0.05, 0) is 91.0 Å². The van der Waals surface area contributed by atoms with Gasteiger partial charge in [0.1, 0.15) is 22.4 Å². The molecule has 1 aliphatic carbocycles. The summed E-state index contributed by atoms with van der Waals surface area (Å²) in [6, 6.07) is 6.65. The Balaban J connectivity index is 1.72. The molecule has 1 saturated carbocycles. The van der Waals surface area contributed by atoms with E-state index in [4.69, 9.17) is 14.2 Å². The Hall–Kier alpha value is -3.56. The SMILES string of the molecule is COC(=O)C1(c2cn(-c3ccc(O)cc3)cn2)CC1CCCN(C(=O)OC(C)(C)C)C(=O)OC(C)(C)C. The second-order valence-corrected chi connectivity index (χ2v) is 11.3. The molecule has 0 bridgehead atoms. The van der Waals surface area contributed by atoms with Crippen LogP contribution >= 0.6 is 0 Å². The Morgan fingerprint density at radius 1 is 1.05 bits per heavy atom. The number of hydrogen-bond donors (Lipinski definition) is 1. The number of benzene rings is 1. The molecule has 0 spiro atoms. The second-order valence-electron chi connectivity index (χ2n) is 11.3. The van der Waals surface area contributed by atoms with E-state index in [0.717, 1.165) is 10.6 Å². The molecule has 0 radical (unpaired) electrons. The van der Waals surface area contributed by atoms with Crippen LogP contribution in [0.15, 0.2) is 36.8 Å². The van der Waals surface area contributed by atoms with Crippen LogP contribution in [0.25, 0.3) is 5.69 Å². The fourth-order valence-electron chi connectivity index (χ4n) is 4.23. The molecule has 2 unspecified atom stereocenters. The minimum atomic E-state index is -0.889. The molecule has 0 aliphatic heterocycles.